The second-order valence-corrected chi connectivity index (χ2v) is 10.8. The number of methoxy groups -OCH3 is 1. The first-order valence-corrected chi connectivity index (χ1v) is 14.4. The molecule has 3 amide bonds. The summed E-state index contributed by atoms with van der Waals surface area (Å²) >= 11 is 8.98. The van der Waals surface area contributed by atoms with Crippen LogP contribution in [0.4, 0.5) is 11.4 Å². The van der Waals surface area contributed by atoms with Crippen LogP contribution < -0.4 is 20.7 Å². The summed E-state index contributed by atoms with van der Waals surface area (Å²) in [6.07, 6.45) is 1.63. The summed E-state index contributed by atoms with van der Waals surface area (Å²) in [6, 6.07) is 21.1. The molecule has 0 aliphatic heterocycles. The second-order valence-electron chi connectivity index (χ2n) is 8.55. The van der Waals surface area contributed by atoms with Crippen LogP contribution in [-0.4, -0.2) is 30.6 Å². The zero-order valence-electron chi connectivity index (χ0n) is 21.7. The van der Waals surface area contributed by atoms with Crippen molar-refractivity contribution in [1.29, 1.82) is 0 Å². The Morgan fingerprint density at radius 2 is 1.75 bits per heavy atom. The van der Waals surface area contributed by atoms with Crippen LogP contribution in [0.25, 0.3) is 6.08 Å². The van der Waals surface area contributed by atoms with Gasteiger partial charge in [0.1, 0.15) is 11.4 Å². The molecule has 0 aliphatic carbocycles. The molecule has 0 radical (unpaired) electrons. The third-order valence-corrected chi connectivity index (χ3v) is 7.74. The third kappa shape index (κ3) is 7.98. The average molecular weight is 592 g/mol. The first-order valence-electron chi connectivity index (χ1n) is 12.1. The van der Waals surface area contributed by atoms with Crippen LogP contribution in [-0.2, 0) is 9.59 Å². The molecule has 0 unspecified atom stereocenters. The molecule has 0 aliphatic rings. The number of nitrogens with one attached hydrogen (secondary N) is 3. The highest BCUT2D eigenvalue weighted by atomic mass is 35.5. The molecule has 204 valence electrons. The molecule has 0 atom stereocenters. The smallest absolute Gasteiger partial charge is 0.272 e. The van der Waals surface area contributed by atoms with Crippen LogP contribution in [0.5, 0.6) is 5.75 Å². The summed E-state index contributed by atoms with van der Waals surface area (Å²) in [5.74, 6) is -0.368. The van der Waals surface area contributed by atoms with Crippen molar-refractivity contribution >= 4 is 69.9 Å². The van der Waals surface area contributed by atoms with Gasteiger partial charge in [0.25, 0.3) is 11.8 Å². The van der Waals surface area contributed by atoms with Crippen molar-refractivity contribution in [2.45, 2.75) is 11.8 Å². The molecule has 1 heterocycles. The van der Waals surface area contributed by atoms with E-state index in [4.69, 9.17) is 16.3 Å². The van der Waals surface area contributed by atoms with Crippen molar-refractivity contribution in [3.05, 3.63) is 111 Å². The Hall–Kier alpha value is -4.05. The Morgan fingerprint density at radius 1 is 1.00 bits per heavy atom. The van der Waals surface area contributed by atoms with Crippen LogP contribution in [0.2, 0.25) is 5.02 Å². The molecule has 10 heteroatoms. The number of amides is 3. The molecule has 0 fully saturated rings. The SMILES string of the molecule is COc1cc(Cl)c(C)cc1NC(=O)CSc1ccc(NC(=O)/C(=C/c2ccsc2)NC(=O)c2ccccc2)cc1. The quantitative estimate of drug-likeness (QED) is 0.138. The van der Waals surface area contributed by atoms with Crippen LogP contribution >= 0.6 is 34.7 Å². The van der Waals surface area contributed by atoms with Gasteiger partial charge < -0.3 is 20.7 Å². The Kier molecular flexibility index (Phi) is 10.0. The summed E-state index contributed by atoms with van der Waals surface area (Å²) in [7, 11) is 1.52. The number of benzene rings is 3. The first-order chi connectivity index (χ1) is 19.3. The molecule has 4 aromatic rings. The molecule has 4 rings (SSSR count). The lowest BCUT2D eigenvalue weighted by Crippen LogP contribution is -2.30. The van der Waals surface area contributed by atoms with Crippen molar-refractivity contribution in [3.8, 4) is 5.75 Å². The zero-order valence-corrected chi connectivity index (χ0v) is 24.1. The predicted octanol–water partition coefficient (Wildman–Crippen LogP) is 6.86. The van der Waals surface area contributed by atoms with Gasteiger partial charge in [-0.15, -0.1) is 11.8 Å². The van der Waals surface area contributed by atoms with E-state index in [1.54, 1.807) is 54.6 Å². The minimum absolute atomic E-state index is 0.121. The van der Waals surface area contributed by atoms with Crippen LogP contribution in [0.15, 0.2) is 94.1 Å². The number of aryl methyl sites for hydroxylation is 1. The highest BCUT2D eigenvalue weighted by molar-refractivity contribution is 8.00. The first kappa shape index (κ1) is 28.9. The maximum atomic E-state index is 13.1. The number of halogens is 1. The molecule has 3 aromatic carbocycles. The summed E-state index contributed by atoms with van der Waals surface area (Å²) in [5.41, 5.74) is 3.30. The number of anilines is 2. The van der Waals surface area contributed by atoms with Gasteiger partial charge in [-0.1, -0.05) is 29.8 Å². The largest absolute Gasteiger partial charge is 0.495 e. The number of hydrogen-bond donors (Lipinski definition) is 3. The number of carbonyl (C=O) groups is 3. The number of thiophene rings is 1. The predicted molar refractivity (Wildman–Crippen MR) is 163 cm³/mol. The Morgan fingerprint density at radius 3 is 2.42 bits per heavy atom. The molecule has 0 spiro atoms. The van der Waals surface area contributed by atoms with Crippen molar-refractivity contribution in [2.24, 2.45) is 0 Å². The molecule has 0 saturated heterocycles. The molecule has 7 nitrogen and oxygen atoms in total. The number of hydrogen-bond acceptors (Lipinski definition) is 6. The average Bonchev–Trinajstić information content (AvgIpc) is 3.48. The maximum absolute atomic E-state index is 13.1. The molecular weight excluding hydrogens is 566 g/mol. The highest BCUT2D eigenvalue weighted by Crippen LogP contribution is 2.31. The minimum Gasteiger partial charge on any atom is -0.495 e. The van der Waals surface area contributed by atoms with Gasteiger partial charge in [-0.25, -0.2) is 0 Å². The van der Waals surface area contributed by atoms with Crippen LogP contribution in [0.1, 0.15) is 21.5 Å². The number of thioether (sulfide) groups is 1. The standard InChI is InChI=1S/C30H26ClN3O4S2/c1-19-14-25(27(38-2)16-24(19)31)33-28(35)18-40-23-10-8-22(9-11-23)32-30(37)26(15-20-12-13-39-17-20)34-29(36)21-6-4-3-5-7-21/h3-17H,18H2,1-2H3,(H,32,37)(H,33,35)(H,34,36)/b26-15-. The van der Waals surface area contributed by atoms with Crippen molar-refractivity contribution < 1.29 is 19.1 Å². The van der Waals surface area contributed by atoms with Gasteiger partial charge in [0.05, 0.1) is 18.6 Å². The van der Waals surface area contributed by atoms with E-state index in [1.807, 2.05) is 41.9 Å². The Bertz CT molecular complexity index is 1520. The van der Waals surface area contributed by atoms with Crippen molar-refractivity contribution in [1.82, 2.24) is 5.32 Å². The summed E-state index contributed by atoms with van der Waals surface area (Å²) in [5, 5.41) is 12.7. The van der Waals surface area contributed by atoms with Crippen LogP contribution in [0.3, 0.4) is 0 Å². The van der Waals surface area contributed by atoms with Gasteiger partial charge in [0.15, 0.2) is 0 Å². The summed E-state index contributed by atoms with van der Waals surface area (Å²) in [4.78, 5) is 39.2. The van der Waals surface area contributed by atoms with Gasteiger partial charge in [0, 0.05) is 27.2 Å². The number of rotatable bonds is 10. The second kappa shape index (κ2) is 13.8. The van der Waals surface area contributed by atoms with Gasteiger partial charge in [-0.3, -0.25) is 14.4 Å². The topological polar surface area (TPSA) is 96.5 Å². The highest BCUT2D eigenvalue weighted by Gasteiger charge is 2.16. The normalized spacial score (nSPS) is 11.0. The molecule has 40 heavy (non-hydrogen) atoms. The lowest BCUT2D eigenvalue weighted by Gasteiger charge is -2.12. The van der Waals surface area contributed by atoms with Crippen molar-refractivity contribution in [3.63, 3.8) is 0 Å². The van der Waals surface area contributed by atoms with E-state index >= 15 is 0 Å². The van der Waals surface area contributed by atoms with E-state index in [2.05, 4.69) is 16.0 Å². The summed E-state index contributed by atoms with van der Waals surface area (Å²) < 4.78 is 5.31. The lowest BCUT2D eigenvalue weighted by atomic mass is 10.2. The Labute approximate surface area is 245 Å². The lowest BCUT2D eigenvalue weighted by molar-refractivity contribution is -0.114. The molecule has 3 N–H and O–H groups in total. The third-order valence-electron chi connectivity index (χ3n) is 5.62. The summed E-state index contributed by atoms with van der Waals surface area (Å²) in [6.45, 7) is 1.85. The fraction of sp³-hybridized carbons (Fsp3) is 0.100. The van der Waals surface area contributed by atoms with E-state index in [0.29, 0.717) is 27.7 Å². The van der Waals surface area contributed by atoms with Gasteiger partial charge >= 0.3 is 0 Å². The van der Waals surface area contributed by atoms with E-state index in [1.165, 1.54) is 30.2 Å². The van der Waals surface area contributed by atoms with Gasteiger partial charge in [-0.05, 0) is 83.4 Å². The number of carbonyl (C=O) groups excluding carboxylic acids is 3. The van der Waals surface area contributed by atoms with Crippen LogP contribution in [0, 0.1) is 6.92 Å². The van der Waals surface area contributed by atoms with E-state index in [9.17, 15) is 14.4 Å². The fourth-order valence-corrected chi connectivity index (χ4v) is 5.03. The minimum atomic E-state index is -0.456. The van der Waals surface area contributed by atoms with E-state index in [0.717, 1.165) is 16.0 Å². The van der Waals surface area contributed by atoms with E-state index in [-0.39, 0.29) is 23.3 Å². The van der Waals surface area contributed by atoms with Gasteiger partial charge in [0.2, 0.25) is 5.91 Å². The molecule has 0 bridgehead atoms. The maximum Gasteiger partial charge on any atom is 0.272 e. The van der Waals surface area contributed by atoms with E-state index < -0.39 is 5.91 Å². The molecular formula is C30H26ClN3O4S2. The van der Waals surface area contributed by atoms with Crippen molar-refractivity contribution in [2.75, 3.05) is 23.5 Å². The Balaban J connectivity index is 1.37. The molecule has 0 saturated carbocycles. The van der Waals surface area contributed by atoms with Gasteiger partial charge in [-0.2, -0.15) is 11.3 Å². The monoisotopic (exact) mass is 591 g/mol. The number of ether oxygens (including phenoxy) is 1. The fourth-order valence-electron chi connectivity index (χ4n) is 3.56. The molecule has 1 aromatic heterocycles. The zero-order chi connectivity index (χ0) is 28.5.